The summed E-state index contributed by atoms with van der Waals surface area (Å²) in [6.45, 7) is 44.9. The molecular formula is C112H210Cl3NO15SSi3. The van der Waals surface area contributed by atoms with Crippen LogP contribution in [0.2, 0.25) is 54.4 Å². The number of hydrogen-bond donors (Lipinski definition) is 5. The first-order valence-corrected chi connectivity index (χ1v) is 66.5. The number of esters is 1. The predicted molar refractivity (Wildman–Crippen MR) is 584 cm³/mol. The molecule has 16 nitrogen and oxygen atoms in total. The first kappa shape index (κ1) is 134. The Balaban J connectivity index is 0. The molecule has 1 heterocycles. The number of nitrogens with zero attached hydrogens (tertiary/aromatic N) is 1. The number of unbranched alkanes of at least 4 members (excludes halogenated alkanes) is 24. The molecule has 4 saturated carbocycles. The van der Waals surface area contributed by atoms with Crippen molar-refractivity contribution in [3.8, 4) is 0 Å². The fourth-order valence-corrected chi connectivity index (χ4v) is 30.0. The molecular weight excluding hydrogens is 1820 g/mol. The van der Waals surface area contributed by atoms with Gasteiger partial charge in [-0.25, -0.2) is 0 Å². The van der Waals surface area contributed by atoms with Crippen LogP contribution in [0.3, 0.4) is 0 Å². The lowest BCUT2D eigenvalue weighted by Gasteiger charge is -2.35. The van der Waals surface area contributed by atoms with E-state index in [4.69, 9.17) is 53.4 Å². The number of carboxylic acids is 2. The number of aliphatic hydroxyl groups is 3. The molecule has 0 aliphatic heterocycles. The molecule has 1 aromatic heterocycles. The van der Waals surface area contributed by atoms with Crippen molar-refractivity contribution in [1.29, 1.82) is 0 Å². The van der Waals surface area contributed by atoms with E-state index in [2.05, 4.69) is 180 Å². The molecule has 4 aliphatic rings. The molecule has 0 bridgehead atoms. The Morgan fingerprint density at radius 2 is 0.622 bits per heavy atom. The second kappa shape index (κ2) is 84.7. The van der Waals surface area contributed by atoms with Gasteiger partial charge in [-0.1, -0.05) is 320 Å². The summed E-state index contributed by atoms with van der Waals surface area (Å²) in [7, 11) is 0.0789. The highest BCUT2D eigenvalue weighted by Gasteiger charge is 2.48. The molecule has 5 N–H and O–H groups in total. The fourth-order valence-electron chi connectivity index (χ4n) is 21.2. The van der Waals surface area contributed by atoms with Gasteiger partial charge >= 0.3 is 26.2 Å². The van der Waals surface area contributed by atoms with Crippen LogP contribution in [0.15, 0.2) is 79.2 Å². The maximum atomic E-state index is 11.7. The highest BCUT2D eigenvalue weighted by atomic mass is 36.0. The Morgan fingerprint density at radius 3 is 0.867 bits per heavy atom. The molecule has 0 unspecified atom stereocenters. The third kappa shape index (κ3) is 66.9. The van der Waals surface area contributed by atoms with Crippen molar-refractivity contribution >= 4 is 89.3 Å². The van der Waals surface area contributed by atoms with E-state index in [1.165, 1.54) is 241 Å². The van der Waals surface area contributed by atoms with E-state index in [1.807, 2.05) is 38.1 Å². The molecule has 0 aromatic carbocycles. The molecule has 1 aromatic rings. The van der Waals surface area contributed by atoms with Crippen LogP contribution in [0.5, 0.6) is 0 Å². The fraction of sp³-hybridized carbons (Fsp3) is 0.848. The van der Waals surface area contributed by atoms with Gasteiger partial charge in [0, 0.05) is 83.9 Å². The van der Waals surface area contributed by atoms with Gasteiger partial charge in [0.1, 0.15) is 0 Å². The third-order valence-corrected chi connectivity index (χ3v) is 44.1. The van der Waals surface area contributed by atoms with Gasteiger partial charge in [0.15, 0.2) is 25.0 Å². The molecule has 135 heavy (non-hydrogen) atoms. The molecule has 792 valence electrons. The highest BCUT2D eigenvalue weighted by Crippen LogP contribution is 2.50. The second-order valence-corrected chi connectivity index (χ2v) is 59.1. The average Bonchev–Trinajstić information content (AvgIpc) is 1.66. The Hall–Kier alpha value is -2.58. The van der Waals surface area contributed by atoms with Crippen LogP contribution in [0.4, 0.5) is 0 Å². The zero-order chi connectivity index (χ0) is 102. The monoisotopic (exact) mass is 2030 g/mol. The van der Waals surface area contributed by atoms with E-state index >= 15 is 0 Å². The summed E-state index contributed by atoms with van der Waals surface area (Å²) in [4.78, 5) is 47.6. The summed E-state index contributed by atoms with van der Waals surface area (Å²) >= 11 is 5.45. The highest BCUT2D eigenvalue weighted by molar-refractivity contribution is 8.31. The van der Waals surface area contributed by atoms with Crippen LogP contribution in [-0.4, -0.2) is 130 Å². The Labute approximate surface area is 847 Å². The minimum atomic E-state index is -3.72. The van der Waals surface area contributed by atoms with Gasteiger partial charge in [-0.2, -0.15) is 8.42 Å². The summed E-state index contributed by atoms with van der Waals surface area (Å²) < 4.78 is 44.9. The quantitative estimate of drug-likeness (QED) is 0.0134. The lowest BCUT2D eigenvalue weighted by molar-refractivity contribution is -0.147. The molecule has 16 atom stereocenters. The van der Waals surface area contributed by atoms with Crippen molar-refractivity contribution in [2.75, 3.05) is 0 Å². The molecule has 0 saturated heterocycles. The van der Waals surface area contributed by atoms with E-state index in [0.717, 1.165) is 113 Å². The largest absolute Gasteiger partial charge is 0.481 e. The van der Waals surface area contributed by atoms with Gasteiger partial charge in [-0.15, -0.1) is 0 Å². The van der Waals surface area contributed by atoms with Crippen molar-refractivity contribution in [3.05, 3.63) is 79.2 Å². The summed E-state index contributed by atoms with van der Waals surface area (Å²) in [5.74, 6) is 5.34. The van der Waals surface area contributed by atoms with Gasteiger partial charge in [0.2, 0.25) is 5.24 Å². The molecule has 4 fully saturated rings. The minimum absolute atomic E-state index is 0.0134. The average molecular weight is 2030 g/mol. The number of hydrogen-bond acceptors (Lipinski definition) is 14. The van der Waals surface area contributed by atoms with Crippen LogP contribution < -0.4 is 0 Å². The van der Waals surface area contributed by atoms with E-state index in [-0.39, 0.29) is 54.2 Å². The second-order valence-electron chi connectivity index (χ2n) is 40.8. The topological polar surface area (TPSA) is 253 Å². The molecule has 0 radical (unpaired) electrons. The maximum absolute atomic E-state index is 11.7. The van der Waals surface area contributed by atoms with Crippen molar-refractivity contribution in [3.63, 3.8) is 0 Å². The minimum Gasteiger partial charge on any atom is -0.481 e. The number of carbonyl (C=O) groups is 4. The van der Waals surface area contributed by atoms with Crippen LogP contribution in [0, 0.1) is 65.1 Å². The zero-order valence-electron chi connectivity index (χ0n) is 90.0. The van der Waals surface area contributed by atoms with Gasteiger partial charge in [0.05, 0.1) is 18.3 Å². The molecule has 23 heteroatoms. The molecule has 4 aliphatic carbocycles. The van der Waals surface area contributed by atoms with E-state index in [1.54, 1.807) is 26.2 Å². The molecule has 0 amide bonds. The number of aliphatic hydroxyl groups excluding tert-OH is 3. The van der Waals surface area contributed by atoms with Gasteiger partial charge in [-0.05, 0) is 299 Å². The first-order chi connectivity index (χ1) is 64.5. The van der Waals surface area contributed by atoms with Crippen molar-refractivity contribution < 1.29 is 71.1 Å². The normalized spacial score (nSPS) is 22.9. The Morgan fingerprint density at radius 1 is 0.370 bits per heavy atom. The Kier molecular flexibility index (Phi) is 84.4. The van der Waals surface area contributed by atoms with Gasteiger partial charge in [-0.3, -0.25) is 24.2 Å². The standard InChI is InChI=1S/C30H58O3Si.C27H51ClO2Si.C27H52O3Si.C20H36O4.C5H5N.C3H8O.Cl2O2S/c1-8-12-13-14-15-19-22-28-27(21-18-16-17-20-23-30(31)32-25(5)6)26(7)24-29(28)33-34(9-2,10-3)11-4;2*1-6-10-11-12-13-17-20-25-24(19-16-14-15-18-21-27(28)29)23(5)22-26(25)30-31(7-2,8-3)9-4;1-2-3-4-5-6-9-12-16-17(19(22)15-18(16)21)13-10-7-8-11-14-20(23)24;1-2-4-6-5-3-1;1-3(2)4;1-5(2,3)4/h16,18,25-29H,8-15,17,19-24H2,1-7H3;14,16,23-26H,6-13,15,17-22H2,1-5H3;14,16,23-26H,6-13,15,17-22H2,1-5H3,(H,28,29);7,10,16-19,21-22H,2-6,8-9,11-15H2,1H3,(H,23,24);1-5H;3-4H,1-2H3;/b18-16-;2*16-14-;10-7-;;;/t26-,27-,28+,29+;2*23-,24-,25+,26+;16-,17-,18-,19+;;;/m0001.../s1. The lowest BCUT2D eigenvalue weighted by Crippen LogP contribution is -2.41. The van der Waals surface area contributed by atoms with E-state index < -0.39 is 51.3 Å². The summed E-state index contributed by atoms with van der Waals surface area (Å²) in [5, 5.41) is 45.7. The molecule has 0 spiro atoms. The summed E-state index contributed by atoms with van der Waals surface area (Å²) in [6.07, 6.45) is 75.7. The van der Waals surface area contributed by atoms with Gasteiger partial charge in [0.25, 0.3) is 0 Å². The lowest BCUT2D eigenvalue weighted by atomic mass is 9.83. The van der Waals surface area contributed by atoms with Gasteiger partial charge < -0.3 is 43.5 Å². The number of carboxylic acid groups (broad SMARTS) is 2. The van der Waals surface area contributed by atoms with Crippen LogP contribution >= 0.6 is 33.0 Å². The maximum Gasteiger partial charge on any atom is 0.317 e. The SMILES string of the molecule is CC(C)O.CCCCCCCC[C@@H]1[C@@H](C/C=C\CCCC(=O)Cl)[C@@H](C)C[C@H]1O[Si](CC)(CC)CC.CCCCCCCC[C@@H]1[C@@H](C/C=C\CCCC(=O)O)[C@@H](C)C[C@H]1O[Si](CC)(CC)CC.CCCCCCCC[C@@H]1[C@@H](C/C=C\CCCC(=O)O)[C@@H](O)C[C@H]1O.CCCCCCCC[C@@H]1[C@@H](C/C=C\CCCC(=O)OC(C)C)[C@@H](C)C[C@H]1O[Si](CC)(CC)CC.O=S(=O)(Cl)Cl.c1ccncc1. The van der Waals surface area contributed by atoms with E-state index in [9.17, 15) is 29.4 Å². The number of ether oxygens (including phenoxy) is 1. The third-order valence-electron chi connectivity index (χ3n) is 29.9. The number of aliphatic carboxylic acids is 2. The number of pyridine rings is 1. The van der Waals surface area contributed by atoms with Crippen LogP contribution in [0.25, 0.3) is 0 Å². The van der Waals surface area contributed by atoms with Crippen molar-refractivity contribution in [2.24, 2.45) is 65.1 Å². The predicted octanol–water partition coefficient (Wildman–Crippen LogP) is 33.8. The summed E-state index contributed by atoms with van der Waals surface area (Å²) in [5.41, 5.74) is 0. The van der Waals surface area contributed by atoms with Crippen LogP contribution in [-0.2, 0) is 45.5 Å². The number of rotatable bonds is 68. The van der Waals surface area contributed by atoms with Crippen molar-refractivity contribution in [1.82, 2.24) is 4.98 Å². The van der Waals surface area contributed by atoms with E-state index in [0.29, 0.717) is 67.7 Å². The smallest absolute Gasteiger partial charge is 0.317 e. The first-order valence-electron chi connectivity index (χ1n) is 55.4. The van der Waals surface area contributed by atoms with Crippen LogP contribution in [0.1, 0.15) is 447 Å². The number of carbonyl (C=O) groups excluding carboxylic acids is 2. The zero-order valence-corrected chi connectivity index (χ0v) is 96.1. The van der Waals surface area contributed by atoms with Crippen molar-refractivity contribution in [2.45, 2.75) is 544 Å². The summed E-state index contributed by atoms with van der Waals surface area (Å²) in [6, 6.07) is 16.9. The number of allylic oxidation sites excluding steroid dienone is 8. The molecule has 5 rings (SSSR count). The number of halogens is 3. The Bertz CT molecular complexity index is 3060. The number of aromatic nitrogens is 1.